The van der Waals surface area contributed by atoms with Gasteiger partial charge in [-0.25, -0.2) is 9.37 Å². The molecule has 0 aliphatic carbocycles. The molecule has 0 saturated carbocycles. The molecule has 0 aliphatic rings. The molecule has 0 atom stereocenters. The maximum atomic E-state index is 13.1. The van der Waals surface area contributed by atoms with Crippen LogP contribution in [0, 0.1) is 12.7 Å². The fourth-order valence-corrected chi connectivity index (χ4v) is 2.12. The van der Waals surface area contributed by atoms with Crippen molar-refractivity contribution in [2.24, 2.45) is 0 Å². The average Bonchev–Trinajstić information content (AvgIpc) is 2.94. The summed E-state index contributed by atoms with van der Waals surface area (Å²) in [5.74, 6) is 0.529. The van der Waals surface area contributed by atoms with Gasteiger partial charge < -0.3 is 10.1 Å². The summed E-state index contributed by atoms with van der Waals surface area (Å²) >= 11 is 0. The van der Waals surface area contributed by atoms with Crippen molar-refractivity contribution in [2.45, 2.75) is 20.0 Å². The molecule has 1 aromatic carbocycles. The van der Waals surface area contributed by atoms with Gasteiger partial charge in [0.15, 0.2) is 0 Å². The first-order valence-electron chi connectivity index (χ1n) is 7.28. The van der Waals surface area contributed by atoms with Crippen molar-refractivity contribution in [3.63, 3.8) is 0 Å². The second kappa shape index (κ2) is 7.02. The van der Waals surface area contributed by atoms with Crippen LogP contribution in [0.5, 0.6) is 11.6 Å². The van der Waals surface area contributed by atoms with E-state index in [0.717, 1.165) is 23.4 Å². The number of ether oxygens (including phenoxy) is 1. The fourth-order valence-electron chi connectivity index (χ4n) is 2.12. The number of aromatic amines is 1. The number of nitrogens with zero attached hydrogens (tertiary/aromatic N) is 2. The normalized spacial score (nSPS) is 10.7. The van der Waals surface area contributed by atoms with Crippen LogP contribution < -0.4 is 10.1 Å². The van der Waals surface area contributed by atoms with Crippen LogP contribution in [-0.2, 0) is 13.1 Å². The van der Waals surface area contributed by atoms with Crippen LogP contribution in [0.2, 0.25) is 0 Å². The third kappa shape index (κ3) is 4.14. The number of benzene rings is 1. The highest BCUT2D eigenvalue weighted by Crippen LogP contribution is 2.20. The standard InChI is InChI=1S/C17H17FN4O/c1-12-14(11-21-22-12)10-19-8-13-5-6-17(20-9-13)23-16-4-2-3-15(18)7-16/h2-7,9,11,19H,8,10H2,1H3,(H,21,22). The van der Waals surface area contributed by atoms with Crippen LogP contribution >= 0.6 is 0 Å². The van der Waals surface area contributed by atoms with Gasteiger partial charge in [-0.15, -0.1) is 0 Å². The van der Waals surface area contributed by atoms with Crippen LogP contribution in [0.3, 0.4) is 0 Å². The summed E-state index contributed by atoms with van der Waals surface area (Å²) in [5, 5.41) is 10.2. The smallest absolute Gasteiger partial charge is 0.219 e. The molecule has 0 bridgehead atoms. The van der Waals surface area contributed by atoms with Gasteiger partial charge in [-0.1, -0.05) is 12.1 Å². The Kier molecular flexibility index (Phi) is 4.63. The van der Waals surface area contributed by atoms with Gasteiger partial charge in [0.25, 0.3) is 0 Å². The largest absolute Gasteiger partial charge is 0.439 e. The van der Waals surface area contributed by atoms with Gasteiger partial charge in [0.1, 0.15) is 11.6 Å². The molecule has 2 aromatic heterocycles. The van der Waals surface area contributed by atoms with E-state index in [1.54, 1.807) is 24.4 Å². The molecule has 0 saturated heterocycles. The van der Waals surface area contributed by atoms with Gasteiger partial charge in [-0.2, -0.15) is 5.10 Å². The molecule has 0 amide bonds. The van der Waals surface area contributed by atoms with E-state index in [0.29, 0.717) is 18.2 Å². The number of halogens is 1. The Balaban J connectivity index is 1.53. The summed E-state index contributed by atoms with van der Waals surface area (Å²) in [6, 6.07) is 9.68. The average molecular weight is 312 g/mol. The highest BCUT2D eigenvalue weighted by atomic mass is 19.1. The summed E-state index contributed by atoms with van der Waals surface area (Å²) in [5.41, 5.74) is 3.25. The van der Waals surface area contributed by atoms with Crippen molar-refractivity contribution in [1.82, 2.24) is 20.5 Å². The van der Waals surface area contributed by atoms with Gasteiger partial charge in [0.05, 0.1) is 6.20 Å². The Morgan fingerprint density at radius 3 is 2.78 bits per heavy atom. The summed E-state index contributed by atoms with van der Waals surface area (Å²) in [6.45, 7) is 3.42. The number of aromatic nitrogens is 3. The summed E-state index contributed by atoms with van der Waals surface area (Å²) in [6.07, 6.45) is 3.56. The second-order valence-corrected chi connectivity index (χ2v) is 5.19. The zero-order valence-electron chi connectivity index (χ0n) is 12.7. The van der Waals surface area contributed by atoms with Gasteiger partial charge in [0, 0.05) is 42.7 Å². The summed E-state index contributed by atoms with van der Waals surface area (Å²) in [7, 11) is 0. The maximum Gasteiger partial charge on any atom is 0.219 e. The minimum atomic E-state index is -0.335. The van der Waals surface area contributed by atoms with E-state index in [2.05, 4.69) is 20.5 Å². The van der Waals surface area contributed by atoms with Crippen molar-refractivity contribution < 1.29 is 9.13 Å². The number of hydrogen-bond acceptors (Lipinski definition) is 4. The van der Waals surface area contributed by atoms with E-state index >= 15 is 0 Å². The minimum absolute atomic E-state index is 0.335. The highest BCUT2D eigenvalue weighted by molar-refractivity contribution is 5.28. The molecule has 0 aliphatic heterocycles. The number of hydrogen-bond donors (Lipinski definition) is 2. The first-order valence-corrected chi connectivity index (χ1v) is 7.28. The fraction of sp³-hybridized carbons (Fsp3) is 0.176. The monoisotopic (exact) mass is 312 g/mol. The number of rotatable bonds is 6. The number of nitrogens with one attached hydrogen (secondary N) is 2. The van der Waals surface area contributed by atoms with Crippen molar-refractivity contribution in [3.8, 4) is 11.6 Å². The minimum Gasteiger partial charge on any atom is -0.439 e. The molecule has 0 spiro atoms. The van der Waals surface area contributed by atoms with Crippen LogP contribution in [0.4, 0.5) is 4.39 Å². The molecule has 2 heterocycles. The molecule has 23 heavy (non-hydrogen) atoms. The molecule has 0 radical (unpaired) electrons. The third-order valence-electron chi connectivity index (χ3n) is 3.39. The lowest BCUT2D eigenvalue weighted by molar-refractivity contribution is 0.457. The highest BCUT2D eigenvalue weighted by Gasteiger charge is 2.02. The number of pyridine rings is 1. The maximum absolute atomic E-state index is 13.1. The quantitative estimate of drug-likeness (QED) is 0.733. The Bertz CT molecular complexity index is 770. The molecule has 3 rings (SSSR count). The number of aryl methyl sites for hydroxylation is 1. The van der Waals surface area contributed by atoms with E-state index in [1.807, 2.05) is 19.2 Å². The topological polar surface area (TPSA) is 62.8 Å². The van der Waals surface area contributed by atoms with Gasteiger partial charge >= 0.3 is 0 Å². The van der Waals surface area contributed by atoms with Crippen molar-refractivity contribution >= 4 is 0 Å². The lowest BCUT2D eigenvalue weighted by atomic mass is 10.2. The SMILES string of the molecule is Cc1[nH]ncc1CNCc1ccc(Oc2cccc(F)c2)nc1. The molecule has 118 valence electrons. The molecule has 6 heteroatoms. The Morgan fingerprint density at radius 1 is 1.17 bits per heavy atom. The van der Waals surface area contributed by atoms with Crippen LogP contribution in [0.15, 0.2) is 48.8 Å². The molecule has 5 nitrogen and oxygen atoms in total. The van der Waals surface area contributed by atoms with Crippen molar-refractivity contribution in [1.29, 1.82) is 0 Å². The molecular formula is C17H17FN4O. The van der Waals surface area contributed by atoms with Crippen molar-refractivity contribution in [3.05, 3.63) is 71.4 Å². The molecular weight excluding hydrogens is 295 g/mol. The van der Waals surface area contributed by atoms with E-state index < -0.39 is 0 Å². The predicted octanol–water partition coefficient (Wildman–Crippen LogP) is 3.33. The van der Waals surface area contributed by atoms with Gasteiger partial charge in [-0.05, 0) is 24.6 Å². The first kappa shape index (κ1) is 15.2. The van der Waals surface area contributed by atoms with Gasteiger partial charge in [0.2, 0.25) is 5.88 Å². The van der Waals surface area contributed by atoms with Gasteiger partial charge in [-0.3, -0.25) is 5.10 Å². The van der Waals surface area contributed by atoms with Crippen LogP contribution in [-0.4, -0.2) is 15.2 Å². The van der Waals surface area contributed by atoms with Crippen LogP contribution in [0.1, 0.15) is 16.8 Å². The molecule has 0 fully saturated rings. The second-order valence-electron chi connectivity index (χ2n) is 5.19. The summed E-state index contributed by atoms with van der Waals surface area (Å²) < 4.78 is 18.6. The van der Waals surface area contributed by atoms with E-state index in [9.17, 15) is 4.39 Å². The Labute approximate surface area is 133 Å². The number of H-pyrrole nitrogens is 1. The van der Waals surface area contributed by atoms with Crippen molar-refractivity contribution in [2.75, 3.05) is 0 Å². The molecule has 0 unspecified atom stereocenters. The zero-order valence-corrected chi connectivity index (χ0v) is 12.7. The molecule has 3 aromatic rings. The predicted molar refractivity (Wildman–Crippen MR) is 84.6 cm³/mol. The molecule has 2 N–H and O–H groups in total. The first-order chi connectivity index (χ1) is 11.2. The third-order valence-corrected chi connectivity index (χ3v) is 3.39. The Morgan fingerprint density at radius 2 is 2.09 bits per heavy atom. The lowest BCUT2D eigenvalue weighted by Gasteiger charge is -2.07. The van der Waals surface area contributed by atoms with E-state index in [4.69, 9.17) is 4.74 Å². The van der Waals surface area contributed by atoms with Crippen LogP contribution in [0.25, 0.3) is 0 Å². The summed E-state index contributed by atoms with van der Waals surface area (Å²) in [4.78, 5) is 4.23. The van der Waals surface area contributed by atoms with E-state index in [1.165, 1.54) is 12.1 Å². The zero-order chi connectivity index (χ0) is 16.1. The van der Waals surface area contributed by atoms with E-state index in [-0.39, 0.29) is 5.82 Å². The lowest BCUT2D eigenvalue weighted by Crippen LogP contribution is -2.13. The Hall–Kier alpha value is -2.73.